The molecule has 0 saturated carbocycles. The van der Waals surface area contributed by atoms with E-state index in [1.165, 1.54) is 27.8 Å². The summed E-state index contributed by atoms with van der Waals surface area (Å²) in [6.45, 7) is 3.99. The number of amides is 1. The number of ether oxygens (including phenoxy) is 1. The SMILES string of the molecule is Cc1ccc(C)c(S(=O)(=O)N2CCN(C(=O)COC(=O)c3cnccn3)CC2)c1. The Morgan fingerprint density at radius 1 is 1.10 bits per heavy atom. The molecule has 0 N–H and O–H groups in total. The molecular formula is C19H22N4O5S. The highest BCUT2D eigenvalue weighted by Crippen LogP contribution is 2.22. The maximum Gasteiger partial charge on any atom is 0.359 e. The molecule has 1 fully saturated rings. The van der Waals surface area contributed by atoms with Crippen molar-refractivity contribution in [2.24, 2.45) is 0 Å². The number of hydrogen-bond acceptors (Lipinski definition) is 7. The van der Waals surface area contributed by atoms with E-state index < -0.39 is 22.6 Å². The lowest BCUT2D eigenvalue weighted by atomic mass is 10.2. The number of aryl methyl sites for hydroxylation is 2. The normalized spacial score (nSPS) is 15.2. The van der Waals surface area contributed by atoms with Crippen LogP contribution in [0.15, 0.2) is 41.7 Å². The number of benzene rings is 1. The zero-order chi connectivity index (χ0) is 21.0. The quantitative estimate of drug-likeness (QED) is 0.660. The van der Waals surface area contributed by atoms with E-state index in [1.54, 1.807) is 19.1 Å². The van der Waals surface area contributed by atoms with Gasteiger partial charge in [0.05, 0.1) is 11.1 Å². The molecule has 1 aliphatic rings. The van der Waals surface area contributed by atoms with Crippen LogP contribution in [0, 0.1) is 13.8 Å². The molecule has 3 rings (SSSR count). The van der Waals surface area contributed by atoms with Gasteiger partial charge in [-0.25, -0.2) is 18.2 Å². The minimum Gasteiger partial charge on any atom is -0.451 e. The Bertz CT molecular complexity index is 1000. The maximum absolute atomic E-state index is 12.9. The third-order valence-electron chi connectivity index (χ3n) is 4.65. The Morgan fingerprint density at radius 2 is 1.83 bits per heavy atom. The molecule has 10 heteroatoms. The van der Waals surface area contributed by atoms with Crippen LogP contribution in [0.5, 0.6) is 0 Å². The molecule has 1 saturated heterocycles. The van der Waals surface area contributed by atoms with E-state index in [-0.39, 0.29) is 42.7 Å². The van der Waals surface area contributed by atoms with E-state index in [1.807, 2.05) is 13.0 Å². The van der Waals surface area contributed by atoms with E-state index >= 15 is 0 Å². The summed E-state index contributed by atoms with van der Waals surface area (Å²) >= 11 is 0. The number of carbonyl (C=O) groups excluding carboxylic acids is 2. The topological polar surface area (TPSA) is 110 Å². The molecule has 0 bridgehead atoms. The minimum atomic E-state index is -3.63. The fraction of sp³-hybridized carbons (Fsp3) is 0.368. The van der Waals surface area contributed by atoms with Crippen molar-refractivity contribution in [1.29, 1.82) is 0 Å². The Hall–Kier alpha value is -2.85. The number of esters is 1. The molecule has 2 heterocycles. The van der Waals surface area contributed by atoms with Gasteiger partial charge in [-0.2, -0.15) is 4.31 Å². The van der Waals surface area contributed by atoms with Gasteiger partial charge in [-0.3, -0.25) is 9.78 Å². The molecule has 0 spiro atoms. The highest BCUT2D eigenvalue weighted by atomic mass is 32.2. The molecule has 1 amide bonds. The second-order valence-corrected chi connectivity index (χ2v) is 8.63. The fourth-order valence-electron chi connectivity index (χ4n) is 3.00. The van der Waals surface area contributed by atoms with Crippen molar-refractivity contribution >= 4 is 21.9 Å². The first kappa shape index (κ1) is 20.9. The lowest BCUT2D eigenvalue weighted by Gasteiger charge is -2.34. The van der Waals surface area contributed by atoms with Crippen molar-refractivity contribution in [1.82, 2.24) is 19.2 Å². The highest BCUT2D eigenvalue weighted by molar-refractivity contribution is 7.89. The molecule has 1 aromatic carbocycles. The Morgan fingerprint density at radius 3 is 2.48 bits per heavy atom. The molecule has 0 aliphatic carbocycles. The van der Waals surface area contributed by atoms with Crippen LogP contribution in [-0.4, -0.2) is 72.3 Å². The molecule has 154 valence electrons. The van der Waals surface area contributed by atoms with Crippen LogP contribution in [0.3, 0.4) is 0 Å². The summed E-state index contributed by atoms with van der Waals surface area (Å²) in [7, 11) is -3.63. The van der Waals surface area contributed by atoms with E-state index in [2.05, 4.69) is 9.97 Å². The standard InChI is InChI=1S/C19H22N4O5S/c1-14-3-4-15(2)17(11-14)29(26,27)23-9-7-22(8-10-23)18(24)13-28-19(25)16-12-20-5-6-21-16/h3-6,11-12H,7-10,13H2,1-2H3. The number of piperazine rings is 1. The Labute approximate surface area is 169 Å². The maximum atomic E-state index is 12.9. The Balaban J connectivity index is 1.56. The van der Waals surface area contributed by atoms with Crippen LogP contribution in [-0.2, 0) is 19.6 Å². The van der Waals surface area contributed by atoms with Crippen LogP contribution in [0.1, 0.15) is 21.6 Å². The van der Waals surface area contributed by atoms with Crippen molar-refractivity contribution in [2.75, 3.05) is 32.8 Å². The van der Waals surface area contributed by atoms with Gasteiger partial charge in [-0.1, -0.05) is 12.1 Å². The zero-order valence-electron chi connectivity index (χ0n) is 16.2. The van der Waals surface area contributed by atoms with Crippen LogP contribution in [0.25, 0.3) is 0 Å². The van der Waals surface area contributed by atoms with Crippen molar-refractivity contribution in [3.05, 3.63) is 53.6 Å². The summed E-state index contributed by atoms with van der Waals surface area (Å²) in [5, 5.41) is 0. The molecule has 1 aliphatic heterocycles. The van der Waals surface area contributed by atoms with Gasteiger partial charge < -0.3 is 9.64 Å². The predicted octanol–water partition coefficient (Wildman–Crippen LogP) is 0.783. The third kappa shape index (κ3) is 4.77. The van der Waals surface area contributed by atoms with Crippen LogP contribution < -0.4 is 0 Å². The van der Waals surface area contributed by atoms with Crippen molar-refractivity contribution in [2.45, 2.75) is 18.7 Å². The number of hydrogen-bond donors (Lipinski definition) is 0. The Kier molecular flexibility index (Phi) is 6.23. The molecule has 29 heavy (non-hydrogen) atoms. The first-order chi connectivity index (χ1) is 13.8. The number of carbonyl (C=O) groups is 2. The van der Waals surface area contributed by atoms with Gasteiger partial charge in [0.15, 0.2) is 12.3 Å². The number of sulfonamides is 1. The molecular weight excluding hydrogens is 396 g/mol. The van der Waals surface area contributed by atoms with Gasteiger partial charge in [-0.05, 0) is 31.0 Å². The van der Waals surface area contributed by atoms with Crippen molar-refractivity contribution in [3.63, 3.8) is 0 Å². The van der Waals surface area contributed by atoms with Gasteiger partial charge in [0.25, 0.3) is 5.91 Å². The second kappa shape index (κ2) is 8.66. The fourth-order valence-corrected chi connectivity index (χ4v) is 4.73. The molecule has 0 atom stereocenters. The van der Waals surface area contributed by atoms with Gasteiger partial charge >= 0.3 is 5.97 Å². The molecule has 9 nitrogen and oxygen atoms in total. The minimum absolute atomic E-state index is 0.0183. The van der Waals surface area contributed by atoms with Crippen LogP contribution >= 0.6 is 0 Å². The summed E-state index contributed by atoms with van der Waals surface area (Å²) in [5.41, 5.74) is 1.57. The van der Waals surface area contributed by atoms with Gasteiger partial charge in [0, 0.05) is 38.6 Å². The molecule has 2 aromatic rings. The van der Waals surface area contributed by atoms with Gasteiger partial charge in [-0.15, -0.1) is 0 Å². The number of aromatic nitrogens is 2. The zero-order valence-corrected chi connectivity index (χ0v) is 17.1. The van der Waals surface area contributed by atoms with Crippen molar-refractivity contribution < 1.29 is 22.7 Å². The summed E-state index contributed by atoms with van der Waals surface area (Å²) in [5.74, 6) is -1.12. The smallest absolute Gasteiger partial charge is 0.359 e. The largest absolute Gasteiger partial charge is 0.451 e. The first-order valence-corrected chi connectivity index (χ1v) is 10.5. The summed E-state index contributed by atoms with van der Waals surface area (Å²) in [6, 6.07) is 5.31. The lowest BCUT2D eigenvalue weighted by molar-refractivity contribution is -0.135. The summed E-state index contributed by atoms with van der Waals surface area (Å²) in [4.78, 5) is 33.5. The average Bonchev–Trinajstić information content (AvgIpc) is 2.74. The molecule has 0 radical (unpaired) electrons. The predicted molar refractivity (Wildman–Crippen MR) is 104 cm³/mol. The van der Waals surface area contributed by atoms with E-state index in [4.69, 9.17) is 4.74 Å². The van der Waals surface area contributed by atoms with Gasteiger partial charge in [0.1, 0.15) is 0 Å². The summed E-state index contributed by atoms with van der Waals surface area (Å²) in [6.07, 6.45) is 4.03. The summed E-state index contributed by atoms with van der Waals surface area (Å²) < 4.78 is 32.2. The lowest BCUT2D eigenvalue weighted by Crippen LogP contribution is -2.51. The molecule has 1 aromatic heterocycles. The van der Waals surface area contributed by atoms with Gasteiger partial charge in [0.2, 0.25) is 10.0 Å². The third-order valence-corrected chi connectivity index (χ3v) is 6.69. The monoisotopic (exact) mass is 418 g/mol. The number of rotatable bonds is 5. The highest BCUT2D eigenvalue weighted by Gasteiger charge is 2.31. The first-order valence-electron chi connectivity index (χ1n) is 9.07. The second-order valence-electron chi connectivity index (χ2n) is 6.72. The molecule has 0 unspecified atom stereocenters. The van der Waals surface area contributed by atoms with Crippen LogP contribution in [0.2, 0.25) is 0 Å². The van der Waals surface area contributed by atoms with E-state index in [0.717, 1.165) is 5.56 Å². The average molecular weight is 418 g/mol. The van der Waals surface area contributed by atoms with Crippen molar-refractivity contribution in [3.8, 4) is 0 Å². The van der Waals surface area contributed by atoms with Crippen LogP contribution in [0.4, 0.5) is 0 Å². The number of nitrogens with zero attached hydrogens (tertiary/aromatic N) is 4. The van der Waals surface area contributed by atoms with E-state index in [0.29, 0.717) is 5.56 Å². The van der Waals surface area contributed by atoms with E-state index in [9.17, 15) is 18.0 Å².